The van der Waals surface area contributed by atoms with Gasteiger partial charge in [0.25, 0.3) is 0 Å². The van der Waals surface area contributed by atoms with Crippen LogP contribution in [0, 0.1) is 5.92 Å². The molecule has 3 nitrogen and oxygen atoms in total. The van der Waals surface area contributed by atoms with E-state index in [4.69, 9.17) is 5.73 Å². The van der Waals surface area contributed by atoms with Crippen LogP contribution in [0.4, 0.5) is 19.0 Å². The highest BCUT2D eigenvalue weighted by atomic mass is 19.4. The van der Waals surface area contributed by atoms with E-state index < -0.39 is 11.9 Å². The predicted octanol–water partition coefficient (Wildman–Crippen LogP) is 2.03. The van der Waals surface area contributed by atoms with Crippen molar-refractivity contribution in [2.75, 3.05) is 18.0 Å². The molecule has 0 aromatic carbocycles. The molecule has 1 saturated carbocycles. The number of aromatic nitrogens is 1. The molecule has 2 heterocycles. The third-order valence-corrected chi connectivity index (χ3v) is 3.71. The lowest BCUT2D eigenvalue weighted by atomic mass is 9.86. The fourth-order valence-corrected chi connectivity index (χ4v) is 2.50. The first-order valence-corrected chi connectivity index (χ1v) is 5.97. The van der Waals surface area contributed by atoms with Gasteiger partial charge in [-0.15, -0.1) is 0 Å². The first-order valence-electron chi connectivity index (χ1n) is 5.97. The van der Waals surface area contributed by atoms with Crippen molar-refractivity contribution in [3.05, 3.63) is 23.9 Å². The van der Waals surface area contributed by atoms with Crippen molar-refractivity contribution in [3.8, 4) is 0 Å². The standard InChI is InChI=1S/C12H14F3N3/c13-12(14,15)9-2-1-3-10(17-9)18-6-11(16,7-18)8-4-5-8/h1-3,8H,4-7,16H2. The number of hydrogen-bond donors (Lipinski definition) is 1. The Hall–Kier alpha value is -1.30. The molecule has 0 bridgehead atoms. The Bertz CT molecular complexity index is 462. The highest BCUT2D eigenvalue weighted by molar-refractivity contribution is 5.46. The van der Waals surface area contributed by atoms with Crippen LogP contribution in [0.3, 0.4) is 0 Å². The zero-order valence-corrected chi connectivity index (χ0v) is 9.74. The van der Waals surface area contributed by atoms with E-state index in [1.807, 2.05) is 4.90 Å². The monoisotopic (exact) mass is 257 g/mol. The van der Waals surface area contributed by atoms with Crippen molar-refractivity contribution in [1.82, 2.24) is 4.98 Å². The number of pyridine rings is 1. The summed E-state index contributed by atoms with van der Waals surface area (Å²) in [5, 5.41) is 0. The molecule has 3 rings (SSSR count). The number of alkyl halides is 3. The third-order valence-electron chi connectivity index (χ3n) is 3.71. The molecule has 1 aliphatic heterocycles. The third kappa shape index (κ3) is 1.94. The van der Waals surface area contributed by atoms with Crippen molar-refractivity contribution in [1.29, 1.82) is 0 Å². The molecule has 2 N–H and O–H groups in total. The molecule has 2 aliphatic rings. The van der Waals surface area contributed by atoms with E-state index in [1.165, 1.54) is 6.07 Å². The van der Waals surface area contributed by atoms with Gasteiger partial charge in [-0.3, -0.25) is 0 Å². The van der Waals surface area contributed by atoms with E-state index in [1.54, 1.807) is 6.07 Å². The van der Waals surface area contributed by atoms with Gasteiger partial charge in [0.05, 0.1) is 5.54 Å². The quantitative estimate of drug-likeness (QED) is 0.881. The molecule has 0 atom stereocenters. The highest BCUT2D eigenvalue weighted by Crippen LogP contribution is 2.44. The Morgan fingerprint density at radius 1 is 1.28 bits per heavy atom. The average Bonchev–Trinajstić information content (AvgIpc) is 3.08. The highest BCUT2D eigenvalue weighted by Gasteiger charge is 2.50. The van der Waals surface area contributed by atoms with Crippen molar-refractivity contribution in [2.45, 2.75) is 24.6 Å². The lowest BCUT2D eigenvalue weighted by molar-refractivity contribution is -0.141. The van der Waals surface area contributed by atoms with E-state index in [0.29, 0.717) is 24.8 Å². The van der Waals surface area contributed by atoms with Gasteiger partial charge >= 0.3 is 6.18 Å². The molecule has 0 spiro atoms. The van der Waals surface area contributed by atoms with Crippen LogP contribution < -0.4 is 10.6 Å². The van der Waals surface area contributed by atoms with Crippen LogP contribution in [0.15, 0.2) is 18.2 Å². The van der Waals surface area contributed by atoms with Crippen LogP contribution in [0.1, 0.15) is 18.5 Å². The Balaban J connectivity index is 1.74. The zero-order chi connectivity index (χ0) is 13.0. The van der Waals surface area contributed by atoms with Crippen LogP contribution in [0.2, 0.25) is 0 Å². The number of rotatable bonds is 2. The summed E-state index contributed by atoms with van der Waals surface area (Å²) < 4.78 is 37.6. The Kier molecular flexibility index (Phi) is 2.35. The van der Waals surface area contributed by atoms with Gasteiger partial charge in [0.1, 0.15) is 11.5 Å². The van der Waals surface area contributed by atoms with Gasteiger partial charge in [0.2, 0.25) is 0 Å². The number of anilines is 1. The fraction of sp³-hybridized carbons (Fsp3) is 0.583. The Morgan fingerprint density at radius 3 is 2.50 bits per heavy atom. The van der Waals surface area contributed by atoms with E-state index in [0.717, 1.165) is 18.9 Å². The lowest BCUT2D eigenvalue weighted by Crippen LogP contribution is -2.69. The normalized spacial score (nSPS) is 22.8. The Morgan fingerprint density at radius 2 is 1.94 bits per heavy atom. The largest absolute Gasteiger partial charge is 0.433 e. The molecular formula is C12H14F3N3. The fourth-order valence-electron chi connectivity index (χ4n) is 2.50. The van der Waals surface area contributed by atoms with Gasteiger partial charge in [-0.2, -0.15) is 13.2 Å². The Labute approximate surface area is 103 Å². The number of nitrogens with two attached hydrogens (primary N) is 1. The maximum Gasteiger partial charge on any atom is 0.433 e. The molecule has 1 aromatic heterocycles. The maximum absolute atomic E-state index is 12.5. The first kappa shape index (κ1) is 11.8. The van der Waals surface area contributed by atoms with Gasteiger partial charge in [0, 0.05) is 13.1 Å². The van der Waals surface area contributed by atoms with Gasteiger partial charge in [0.15, 0.2) is 0 Å². The summed E-state index contributed by atoms with van der Waals surface area (Å²) in [4.78, 5) is 5.47. The van der Waals surface area contributed by atoms with Crippen LogP contribution in [-0.2, 0) is 6.18 Å². The molecule has 0 amide bonds. The molecule has 1 saturated heterocycles. The molecule has 2 fully saturated rings. The average molecular weight is 257 g/mol. The van der Waals surface area contributed by atoms with Crippen LogP contribution >= 0.6 is 0 Å². The summed E-state index contributed by atoms with van der Waals surface area (Å²) in [6.07, 6.45) is -2.11. The molecular weight excluding hydrogens is 243 g/mol. The van der Waals surface area contributed by atoms with Crippen molar-refractivity contribution in [3.63, 3.8) is 0 Å². The van der Waals surface area contributed by atoms with E-state index >= 15 is 0 Å². The van der Waals surface area contributed by atoms with E-state index in [9.17, 15) is 13.2 Å². The lowest BCUT2D eigenvalue weighted by Gasteiger charge is -2.49. The molecule has 1 aromatic rings. The van der Waals surface area contributed by atoms with Gasteiger partial charge < -0.3 is 10.6 Å². The van der Waals surface area contributed by atoms with E-state index in [-0.39, 0.29) is 5.54 Å². The number of halogens is 3. The minimum absolute atomic E-state index is 0.212. The summed E-state index contributed by atoms with van der Waals surface area (Å²) in [6.45, 7) is 1.21. The maximum atomic E-state index is 12.5. The van der Waals surface area contributed by atoms with Gasteiger partial charge in [-0.05, 0) is 30.9 Å². The van der Waals surface area contributed by atoms with Crippen molar-refractivity contribution < 1.29 is 13.2 Å². The molecule has 1 aliphatic carbocycles. The topological polar surface area (TPSA) is 42.1 Å². The first-order chi connectivity index (χ1) is 8.38. The predicted molar refractivity (Wildman–Crippen MR) is 61.1 cm³/mol. The summed E-state index contributed by atoms with van der Waals surface area (Å²) in [7, 11) is 0. The van der Waals surface area contributed by atoms with Crippen molar-refractivity contribution >= 4 is 5.82 Å². The minimum atomic E-state index is -4.39. The van der Waals surface area contributed by atoms with Crippen LogP contribution in [0.5, 0.6) is 0 Å². The summed E-state index contributed by atoms with van der Waals surface area (Å²) >= 11 is 0. The smallest absolute Gasteiger partial charge is 0.353 e. The SMILES string of the molecule is NC1(C2CC2)CN(c2cccc(C(F)(F)F)n2)C1. The van der Waals surface area contributed by atoms with E-state index in [2.05, 4.69) is 4.98 Å². The molecule has 0 radical (unpaired) electrons. The van der Waals surface area contributed by atoms with Crippen LogP contribution in [-0.4, -0.2) is 23.6 Å². The molecule has 6 heteroatoms. The van der Waals surface area contributed by atoms with Crippen molar-refractivity contribution in [2.24, 2.45) is 11.7 Å². The number of nitrogens with zero attached hydrogens (tertiary/aromatic N) is 2. The zero-order valence-electron chi connectivity index (χ0n) is 9.74. The van der Waals surface area contributed by atoms with Gasteiger partial charge in [-0.1, -0.05) is 6.07 Å². The molecule has 18 heavy (non-hydrogen) atoms. The second-order valence-corrected chi connectivity index (χ2v) is 5.24. The summed E-state index contributed by atoms with van der Waals surface area (Å²) in [5.41, 5.74) is 5.11. The molecule has 0 unspecified atom stereocenters. The summed E-state index contributed by atoms with van der Waals surface area (Å²) in [5.74, 6) is 0.908. The second kappa shape index (κ2) is 3.60. The van der Waals surface area contributed by atoms with Gasteiger partial charge in [-0.25, -0.2) is 4.98 Å². The number of hydrogen-bond acceptors (Lipinski definition) is 3. The van der Waals surface area contributed by atoms with Crippen LogP contribution in [0.25, 0.3) is 0 Å². The molecule has 98 valence electrons. The minimum Gasteiger partial charge on any atom is -0.353 e. The summed E-state index contributed by atoms with van der Waals surface area (Å²) in [6, 6.07) is 3.97. The second-order valence-electron chi connectivity index (χ2n) is 5.24.